The van der Waals surface area contributed by atoms with Gasteiger partial charge in [-0.3, -0.25) is 0 Å². The van der Waals surface area contributed by atoms with E-state index in [4.69, 9.17) is 0 Å². The van der Waals surface area contributed by atoms with Crippen molar-refractivity contribution < 1.29 is 8.42 Å². The van der Waals surface area contributed by atoms with Crippen LogP contribution in [0.2, 0.25) is 0 Å². The molecule has 0 saturated heterocycles. The molecule has 20 heavy (non-hydrogen) atoms. The van der Waals surface area contributed by atoms with Crippen LogP contribution in [0.1, 0.15) is 39.2 Å². The Morgan fingerprint density at radius 1 is 1.10 bits per heavy atom. The molecule has 0 unspecified atom stereocenters. The Morgan fingerprint density at radius 2 is 1.75 bits per heavy atom. The van der Waals surface area contributed by atoms with Gasteiger partial charge >= 0.3 is 0 Å². The molecule has 0 spiro atoms. The van der Waals surface area contributed by atoms with Crippen molar-refractivity contribution in [2.45, 2.75) is 51.0 Å². The minimum Gasteiger partial charge on any atom is -0.315 e. The van der Waals surface area contributed by atoms with Crippen molar-refractivity contribution in [1.82, 2.24) is 10.0 Å². The van der Waals surface area contributed by atoms with Gasteiger partial charge in [0.25, 0.3) is 0 Å². The highest BCUT2D eigenvalue weighted by molar-refractivity contribution is 7.89. The van der Waals surface area contributed by atoms with Crippen LogP contribution < -0.4 is 10.0 Å². The topological polar surface area (TPSA) is 58.2 Å². The number of hydrogen-bond acceptors (Lipinski definition) is 3. The number of nitrogens with one attached hydrogen (secondary N) is 2. The highest BCUT2D eigenvalue weighted by Crippen LogP contribution is 2.11. The van der Waals surface area contributed by atoms with Gasteiger partial charge in [-0.15, -0.1) is 0 Å². The van der Waals surface area contributed by atoms with Gasteiger partial charge in [0.2, 0.25) is 10.0 Å². The second-order valence-corrected chi connectivity index (χ2v) is 7.02. The maximum atomic E-state index is 11.9. The highest BCUT2D eigenvalue weighted by Gasteiger charge is 2.12. The van der Waals surface area contributed by atoms with E-state index in [1.165, 1.54) is 5.56 Å². The third-order valence-electron chi connectivity index (χ3n) is 2.97. The molecule has 1 rings (SSSR count). The molecule has 0 amide bonds. The average molecular weight is 298 g/mol. The van der Waals surface area contributed by atoms with Gasteiger partial charge in [-0.1, -0.05) is 32.9 Å². The van der Waals surface area contributed by atoms with E-state index in [0.29, 0.717) is 17.5 Å². The number of hydrogen-bond donors (Lipinski definition) is 2. The predicted octanol–water partition coefficient (Wildman–Crippen LogP) is 2.31. The van der Waals surface area contributed by atoms with Crippen LogP contribution in [0.25, 0.3) is 0 Å². The maximum absolute atomic E-state index is 11.9. The molecule has 0 aliphatic heterocycles. The van der Waals surface area contributed by atoms with Crippen LogP contribution in [0.15, 0.2) is 29.2 Å². The van der Waals surface area contributed by atoms with Crippen molar-refractivity contribution in [3.8, 4) is 0 Å². The van der Waals surface area contributed by atoms with Crippen LogP contribution in [0.4, 0.5) is 0 Å². The van der Waals surface area contributed by atoms with Gasteiger partial charge in [0.15, 0.2) is 0 Å². The molecule has 0 fully saturated rings. The first kappa shape index (κ1) is 17.1. The lowest BCUT2D eigenvalue weighted by Crippen LogP contribution is -2.24. The Bertz CT molecular complexity index is 481. The van der Waals surface area contributed by atoms with Crippen molar-refractivity contribution in [1.29, 1.82) is 0 Å². The normalized spacial score (nSPS) is 12.0. The van der Waals surface area contributed by atoms with Gasteiger partial charge in [0.05, 0.1) is 4.90 Å². The number of sulfonamides is 1. The predicted molar refractivity (Wildman–Crippen MR) is 83.4 cm³/mol. The summed E-state index contributed by atoms with van der Waals surface area (Å²) in [6.07, 6.45) is 2.81. The Labute approximate surface area is 123 Å². The average Bonchev–Trinajstić information content (AvgIpc) is 2.42. The molecule has 0 saturated carbocycles. The molecule has 1 aromatic rings. The fraction of sp³-hybridized carbons (Fsp3) is 0.600. The Kier molecular flexibility index (Phi) is 7.19. The summed E-state index contributed by atoms with van der Waals surface area (Å²) < 4.78 is 26.4. The van der Waals surface area contributed by atoms with Crippen molar-refractivity contribution in [3.63, 3.8) is 0 Å². The number of aryl methyl sites for hydroxylation is 1. The smallest absolute Gasteiger partial charge is 0.240 e. The van der Waals surface area contributed by atoms with E-state index in [0.717, 1.165) is 25.8 Å². The summed E-state index contributed by atoms with van der Waals surface area (Å²) in [6, 6.07) is 7.67. The van der Waals surface area contributed by atoms with Crippen LogP contribution in [0, 0.1) is 0 Å². The van der Waals surface area contributed by atoms with E-state index in [1.807, 2.05) is 19.1 Å². The van der Waals surface area contributed by atoms with Crippen LogP contribution in [0.3, 0.4) is 0 Å². The van der Waals surface area contributed by atoms with Gasteiger partial charge in [-0.05, 0) is 43.5 Å². The van der Waals surface area contributed by atoms with Crippen molar-refractivity contribution in [2.24, 2.45) is 0 Å². The molecular formula is C15H26N2O2S. The fourth-order valence-corrected chi connectivity index (χ4v) is 2.97. The van der Waals surface area contributed by atoms with E-state index < -0.39 is 10.0 Å². The Morgan fingerprint density at radius 3 is 2.30 bits per heavy atom. The number of benzene rings is 1. The first-order valence-electron chi connectivity index (χ1n) is 7.27. The SMILES string of the molecule is CCCNS(=O)(=O)c1ccc(CCCNC(C)C)cc1. The molecule has 0 aliphatic rings. The van der Waals surface area contributed by atoms with Crippen LogP contribution in [-0.4, -0.2) is 27.5 Å². The summed E-state index contributed by atoms with van der Waals surface area (Å²) in [5.74, 6) is 0. The van der Waals surface area contributed by atoms with Crippen LogP contribution in [0.5, 0.6) is 0 Å². The van der Waals surface area contributed by atoms with Crippen LogP contribution in [-0.2, 0) is 16.4 Å². The monoisotopic (exact) mass is 298 g/mol. The maximum Gasteiger partial charge on any atom is 0.240 e. The van der Waals surface area contributed by atoms with Crippen molar-refractivity contribution in [3.05, 3.63) is 29.8 Å². The minimum atomic E-state index is -3.34. The summed E-state index contributed by atoms with van der Waals surface area (Å²) >= 11 is 0. The molecule has 0 bridgehead atoms. The van der Waals surface area contributed by atoms with Crippen molar-refractivity contribution >= 4 is 10.0 Å². The molecule has 5 heteroatoms. The van der Waals surface area contributed by atoms with Crippen LogP contribution >= 0.6 is 0 Å². The van der Waals surface area contributed by atoms with Gasteiger partial charge in [-0.2, -0.15) is 0 Å². The lowest BCUT2D eigenvalue weighted by Gasteiger charge is -2.09. The minimum absolute atomic E-state index is 0.343. The summed E-state index contributed by atoms with van der Waals surface area (Å²) in [5, 5.41) is 3.37. The third-order valence-corrected chi connectivity index (χ3v) is 4.45. The Balaban J connectivity index is 2.52. The molecule has 2 N–H and O–H groups in total. The molecular weight excluding hydrogens is 272 g/mol. The largest absolute Gasteiger partial charge is 0.315 e. The number of rotatable bonds is 9. The van der Waals surface area contributed by atoms with E-state index >= 15 is 0 Å². The highest BCUT2D eigenvalue weighted by atomic mass is 32.2. The van der Waals surface area contributed by atoms with Gasteiger partial charge in [-0.25, -0.2) is 13.1 Å². The summed E-state index contributed by atoms with van der Waals surface area (Å²) in [4.78, 5) is 0.343. The lowest BCUT2D eigenvalue weighted by molar-refractivity contribution is 0.570. The van der Waals surface area contributed by atoms with Gasteiger partial charge in [0, 0.05) is 12.6 Å². The molecule has 0 aliphatic carbocycles. The van der Waals surface area contributed by atoms with Gasteiger partial charge < -0.3 is 5.32 Å². The second kappa shape index (κ2) is 8.39. The van der Waals surface area contributed by atoms with E-state index in [1.54, 1.807) is 12.1 Å². The Hall–Kier alpha value is -0.910. The fourth-order valence-electron chi connectivity index (χ4n) is 1.84. The quantitative estimate of drug-likeness (QED) is 0.688. The molecule has 0 aromatic heterocycles. The second-order valence-electron chi connectivity index (χ2n) is 5.25. The molecule has 114 valence electrons. The molecule has 0 atom stereocenters. The molecule has 0 radical (unpaired) electrons. The zero-order valence-corrected chi connectivity index (χ0v) is 13.5. The molecule has 4 nitrogen and oxygen atoms in total. The zero-order valence-electron chi connectivity index (χ0n) is 12.6. The first-order chi connectivity index (χ1) is 9.45. The van der Waals surface area contributed by atoms with E-state index in [9.17, 15) is 8.42 Å². The lowest BCUT2D eigenvalue weighted by atomic mass is 10.1. The summed E-state index contributed by atoms with van der Waals surface area (Å²) in [7, 11) is -3.34. The zero-order chi connectivity index (χ0) is 15.0. The van der Waals surface area contributed by atoms with Gasteiger partial charge in [0.1, 0.15) is 0 Å². The third kappa shape index (κ3) is 6.03. The van der Waals surface area contributed by atoms with E-state index in [2.05, 4.69) is 23.9 Å². The van der Waals surface area contributed by atoms with Crippen molar-refractivity contribution in [2.75, 3.05) is 13.1 Å². The molecule has 1 aromatic carbocycles. The summed E-state index contributed by atoms with van der Waals surface area (Å²) in [5.41, 5.74) is 1.17. The van der Waals surface area contributed by atoms with E-state index in [-0.39, 0.29) is 0 Å². The summed E-state index contributed by atoms with van der Waals surface area (Å²) in [6.45, 7) is 7.66. The first-order valence-corrected chi connectivity index (χ1v) is 8.76. The standard InChI is InChI=1S/C15H26N2O2S/c1-4-11-17-20(18,19)15-9-7-14(8-10-15)6-5-12-16-13(2)3/h7-10,13,16-17H,4-6,11-12H2,1-3H3. The molecule has 0 heterocycles.